The van der Waals surface area contributed by atoms with E-state index in [9.17, 15) is 9.59 Å². The number of benzene rings is 1. The van der Waals surface area contributed by atoms with Crippen LogP contribution in [0, 0.1) is 0 Å². The highest BCUT2D eigenvalue weighted by atomic mass is 16.5. The number of piperazine rings is 1. The van der Waals surface area contributed by atoms with Crippen LogP contribution >= 0.6 is 0 Å². The fourth-order valence-electron chi connectivity index (χ4n) is 3.35. The Morgan fingerprint density at radius 2 is 1.96 bits per heavy atom. The highest BCUT2D eigenvalue weighted by Crippen LogP contribution is 2.17. The van der Waals surface area contributed by atoms with Crippen LogP contribution < -0.4 is 5.32 Å². The summed E-state index contributed by atoms with van der Waals surface area (Å²) in [5, 5.41) is 3.25. The molecular formula is C18H25N3O3. The molecule has 24 heavy (non-hydrogen) atoms. The standard InChI is InChI=1S/C18H25N3O3/c1-2-14-5-3-4-6-15(14)17(22)21-8-7-19-13-16(21)18(23)20-9-11-24-12-10-20/h3-6,16,19H,2,7-13H2,1H3. The molecule has 1 unspecified atom stereocenters. The zero-order valence-corrected chi connectivity index (χ0v) is 14.2. The van der Waals surface area contributed by atoms with Crippen molar-refractivity contribution in [1.29, 1.82) is 0 Å². The Kier molecular flexibility index (Phi) is 5.48. The molecule has 2 aliphatic rings. The van der Waals surface area contributed by atoms with Gasteiger partial charge in [-0.25, -0.2) is 0 Å². The molecule has 130 valence electrons. The molecular weight excluding hydrogens is 306 g/mol. The van der Waals surface area contributed by atoms with E-state index in [1.807, 2.05) is 36.1 Å². The van der Waals surface area contributed by atoms with Gasteiger partial charge in [-0.3, -0.25) is 9.59 Å². The highest BCUT2D eigenvalue weighted by molar-refractivity contribution is 5.99. The summed E-state index contributed by atoms with van der Waals surface area (Å²) in [5.41, 5.74) is 1.74. The van der Waals surface area contributed by atoms with Gasteiger partial charge in [0.1, 0.15) is 6.04 Å². The number of rotatable bonds is 3. The lowest BCUT2D eigenvalue weighted by Gasteiger charge is -2.39. The van der Waals surface area contributed by atoms with Crippen LogP contribution in [-0.2, 0) is 16.0 Å². The van der Waals surface area contributed by atoms with Crippen LogP contribution in [0.5, 0.6) is 0 Å². The van der Waals surface area contributed by atoms with Crippen molar-refractivity contribution in [2.45, 2.75) is 19.4 Å². The Bertz CT molecular complexity index is 599. The molecule has 0 radical (unpaired) electrons. The molecule has 1 aromatic rings. The first kappa shape index (κ1) is 16.9. The summed E-state index contributed by atoms with van der Waals surface area (Å²) in [6, 6.07) is 7.24. The summed E-state index contributed by atoms with van der Waals surface area (Å²) in [7, 11) is 0. The van der Waals surface area contributed by atoms with Crippen LogP contribution in [0.15, 0.2) is 24.3 Å². The molecule has 0 saturated carbocycles. The topological polar surface area (TPSA) is 61.9 Å². The van der Waals surface area contributed by atoms with Crippen LogP contribution in [0.4, 0.5) is 0 Å². The first-order valence-corrected chi connectivity index (χ1v) is 8.68. The maximum Gasteiger partial charge on any atom is 0.254 e. The van der Waals surface area contributed by atoms with Gasteiger partial charge in [-0.2, -0.15) is 0 Å². The third kappa shape index (κ3) is 3.44. The maximum atomic E-state index is 13.1. The van der Waals surface area contributed by atoms with E-state index in [1.165, 1.54) is 0 Å². The second-order valence-electron chi connectivity index (χ2n) is 6.17. The van der Waals surface area contributed by atoms with Crippen molar-refractivity contribution in [3.63, 3.8) is 0 Å². The molecule has 3 rings (SSSR count). The number of amides is 2. The number of hydrogen-bond donors (Lipinski definition) is 1. The van der Waals surface area contributed by atoms with Gasteiger partial charge < -0.3 is 19.9 Å². The largest absolute Gasteiger partial charge is 0.378 e. The van der Waals surface area contributed by atoms with Crippen LogP contribution in [0.2, 0.25) is 0 Å². The van der Waals surface area contributed by atoms with E-state index in [4.69, 9.17) is 4.74 Å². The zero-order chi connectivity index (χ0) is 16.9. The fraction of sp³-hybridized carbons (Fsp3) is 0.556. The number of carbonyl (C=O) groups is 2. The minimum atomic E-state index is -0.436. The number of aryl methyl sites for hydroxylation is 1. The van der Waals surface area contributed by atoms with Gasteiger partial charge in [0.2, 0.25) is 5.91 Å². The number of hydrogen-bond acceptors (Lipinski definition) is 4. The number of carbonyl (C=O) groups excluding carboxylic acids is 2. The van der Waals surface area contributed by atoms with E-state index in [0.29, 0.717) is 51.5 Å². The van der Waals surface area contributed by atoms with Crippen LogP contribution in [0.3, 0.4) is 0 Å². The average molecular weight is 331 g/mol. The third-order valence-electron chi connectivity index (χ3n) is 4.74. The quantitative estimate of drug-likeness (QED) is 0.877. The lowest BCUT2D eigenvalue weighted by molar-refractivity contribution is -0.140. The van der Waals surface area contributed by atoms with Crippen molar-refractivity contribution in [2.24, 2.45) is 0 Å². The molecule has 6 heteroatoms. The Labute approximate surface area is 142 Å². The van der Waals surface area contributed by atoms with Gasteiger partial charge >= 0.3 is 0 Å². The van der Waals surface area contributed by atoms with E-state index >= 15 is 0 Å². The summed E-state index contributed by atoms with van der Waals surface area (Å²) in [6.45, 7) is 6.16. The molecule has 2 saturated heterocycles. The van der Waals surface area contributed by atoms with Gasteiger partial charge in [0.25, 0.3) is 5.91 Å². The molecule has 1 N–H and O–H groups in total. The fourth-order valence-corrected chi connectivity index (χ4v) is 3.35. The van der Waals surface area contributed by atoms with Gasteiger partial charge in [0.05, 0.1) is 13.2 Å². The summed E-state index contributed by atoms with van der Waals surface area (Å²) in [4.78, 5) is 29.5. The van der Waals surface area contributed by atoms with Crippen LogP contribution in [0.1, 0.15) is 22.8 Å². The van der Waals surface area contributed by atoms with Crippen molar-refractivity contribution in [3.8, 4) is 0 Å². The molecule has 2 fully saturated rings. The van der Waals surface area contributed by atoms with E-state index in [2.05, 4.69) is 5.32 Å². The molecule has 0 aliphatic carbocycles. The van der Waals surface area contributed by atoms with Crippen molar-refractivity contribution >= 4 is 11.8 Å². The van der Waals surface area contributed by atoms with Crippen molar-refractivity contribution < 1.29 is 14.3 Å². The number of nitrogens with zero attached hydrogens (tertiary/aromatic N) is 2. The second kappa shape index (κ2) is 7.77. The summed E-state index contributed by atoms with van der Waals surface area (Å²) >= 11 is 0. The van der Waals surface area contributed by atoms with Crippen molar-refractivity contribution in [2.75, 3.05) is 45.9 Å². The van der Waals surface area contributed by atoms with Gasteiger partial charge in [-0.1, -0.05) is 25.1 Å². The normalized spacial score (nSPS) is 21.6. The molecule has 0 bridgehead atoms. The molecule has 0 spiro atoms. The van der Waals surface area contributed by atoms with E-state index in [0.717, 1.165) is 12.0 Å². The second-order valence-corrected chi connectivity index (χ2v) is 6.17. The highest BCUT2D eigenvalue weighted by Gasteiger charge is 2.36. The number of morpholine rings is 1. The molecule has 2 heterocycles. The monoisotopic (exact) mass is 331 g/mol. The Balaban J connectivity index is 1.81. The summed E-state index contributed by atoms with van der Waals surface area (Å²) in [5.74, 6) is -0.0200. The smallest absolute Gasteiger partial charge is 0.254 e. The Hall–Kier alpha value is -1.92. The van der Waals surface area contributed by atoms with Gasteiger partial charge in [0, 0.05) is 38.3 Å². The zero-order valence-electron chi connectivity index (χ0n) is 14.2. The van der Waals surface area contributed by atoms with Gasteiger partial charge in [0.15, 0.2) is 0 Å². The van der Waals surface area contributed by atoms with Crippen LogP contribution in [-0.4, -0.2) is 73.6 Å². The van der Waals surface area contributed by atoms with Crippen LogP contribution in [0.25, 0.3) is 0 Å². The molecule has 2 aliphatic heterocycles. The van der Waals surface area contributed by atoms with Gasteiger partial charge in [-0.15, -0.1) is 0 Å². The van der Waals surface area contributed by atoms with Gasteiger partial charge in [-0.05, 0) is 18.1 Å². The van der Waals surface area contributed by atoms with Crippen molar-refractivity contribution in [1.82, 2.24) is 15.1 Å². The molecule has 1 atom stereocenters. The van der Waals surface area contributed by atoms with E-state index in [1.54, 1.807) is 4.90 Å². The Morgan fingerprint density at radius 1 is 1.21 bits per heavy atom. The Morgan fingerprint density at radius 3 is 2.71 bits per heavy atom. The third-order valence-corrected chi connectivity index (χ3v) is 4.74. The minimum absolute atomic E-state index is 0.0211. The van der Waals surface area contributed by atoms with E-state index < -0.39 is 6.04 Å². The van der Waals surface area contributed by atoms with E-state index in [-0.39, 0.29) is 11.8 Å². The first-order valence-electron chi connectivity index (χ1n) is 8.68. The minimum Gasteiger partial charge on any atom is -0.378 e. The molecule has 1 aromatic carbocycles. The van der Waals surface area contributed by atoms with Crippen molar-refractivity contribution in [3.05, 3.63) is 35.4 Å². The maximum absolute atomic E-state index is 13.1. The number of ether oxygens (including phenoxy) is 1. The lowest BCUT2D eigenvalue weighted by atomic mass is 10.0. The predicted octanol–water partition coefficient (Wildman–Crippen LogP) is 0.522. The molecule has 6 nitrogen and oxygen atoms in total. The summed E-state index contributed by atoms with van der Waals surface area (Å²) < 4.78 is 5.32. The lowest BCUT2D eigenvalue weighted by Crippen LogP contribution is -2.61. The number of nitrogens with one attached hydrogen (secondary N) is 1. The molecule has 2 amide bonds. The average Bonchev–Trinajstić information content (AvgIpc) is 2.67. The summed E-state index contributed by atoms with van der Waals surface area (Å²) in [6.07, 6.45) is 0.802. The predicted molar refractivity (Wildman–Crippen MR) is 90.9 cm³/mol. The molecule has 0 aromatic heterocycles. The first-order chi connectivity index (χ1) is 11.7. The SMILES string of the molecule is CCc1ccccc1C(=O)N1CCNCC1C(=O)N1CCOCC1.